The third-order valence-electron chi connectivity index (χ3n) is 3.57. The van der Waals surface area contributed by atoms with Crippen LogP contribution in [-0.2, 0) is 6.54 Å². The summed E-state index contributed by atoms with van der Waals surface area (Å²) in [6.45, 7) is 7.54. The predicted octanol–water partition coefficient (Wildman–Crippen LogP) is 1.40. The molecule has 2 N–H and O–H groups in total. The summed E-state index contributed by atoms with van der Waals surface area (Å²) in [4.78, 5) is 14.6. The van der Waals surface area contributed by atoms with Crippen LogP contribution in [0.2, 0.25) is 0 Å². The molecule has 1 rings (SSSR count). The maximum absolute atomic E-state index is 12.6. The molecule has 120 valence electrons. The third kappa shape index (κ3) is 4.82. The number of hydrogen-bond acceptors (Lipinski definition) is 5. The molecule has 0 radical (unpaired) electrons. The first-order valence-electron chi connectivity index (χ1n) is 7.20. The molecule has 0 amide bonds. The molecule has 1 atom stereocenters. The van der Waals surface area contributed by atoms with Crippen LogP contribution in [0.4, 0.5) is 0 Å². The van der Waals surface area contributed by atoms with E-state index >= 15 is 0 Å². The zero-order valence-electron chi connectivity index (χ0n) is 14.0. The third-order valence-corrected chi connectivity index (χ3v) is 3.57. The van der Waals surface area contributed by atoms with Gasteiger partial charge >= 0.3 is 0 Å². The van der Waals surface area contributed by atoms with Crippen molar-refractivity contribution in [2.24, 2.45) is 11.1 Å². The number of Topliss-reactive ketones (excluding diaryl/α,β-unsaturated/α-hetero) is 1. The lowest BCUT2D eigenvalue weighted by molar-refractivity contribution is 0.0938. The standard InChI is InChI=1S/C15H28N4O2/c1-15(2,3)13(16)9-11(20)14-12(21-6)10-17-19(14)8-7-18(4)5/h10,13H,7-9,16H2,1-6H3. The number of rotatable bonds is 7. The van der Waals surface area contributed by atoms with Crippen molar-refractivity contribution in [3.63, 3.8) is 0 Å². The van der Waals surface area contributed by atoms with Crippen LogP contribution in [0.15, 0.2) is 6.20 Å². The van der Waals surface area contributed by atoms with Gasteiger partial charge in [-0.1, -0.05) is 20.8 Å². The fourth-order valence-electron chi connectivity index (χ4n) is 1.87. The van der Waals surface area contributed by atoms with Gasteiger partial charge in [-0.15, -0.1) is 0 Å². The van der Waals surface area contributed by atoms with Gasteiger partial charge in [0.05, 0.1) is 19.9 Å². The Morgan fingerprint density at radius 1 is 1.48 bits per heavy atom. The van der Waals surface area contributed by atoms with Gasteiger partial charge in [0.2, 0.25) is 0 Å². The minimum atomic E-state index is -0.202. The Bertz CT molecular complexity index is 475. The number of aromatic nitrogens is 2. The van der Waals surface area contributed by atoms with E-state index < -0.39 is 0 Å². The number of ketones is 1. The van der Waals surface area contributed by atoms with Gasteiger partial charge in [0.25, 0.3) is 0 Å². The molecule has 6 nitrogen and oxygen atoms in total. The Labute approximate surface area is 127 Å². The number of likely N-dealkylation sites (N-methyl/N-ethyl adjacent to an activating group) is 1. The van der Waals surface area contributed by atoms with Crippen LogP contribution >= 0.6 is 0 Å². The van der Waals surface area contributed by atoms with E-state index in [1.165, 1.54) is 0 Å². The van der Waals surface area contributed by atoms with Crippen LogP contribution < -0.4 is 10.5 Å². The van der Waals surface area contributed by atoms with Gasteiger partial charge in [-0.3, -0.25) is 9.48 Å². The number of carbonyl (C=O) groups excluding carboxylic acids is 1. The zero-order chi connectivity index (χ0) is 16.2. The highest BCUT2D eigenvalue weighted by atomic mass is 16.5. The Morgan fingerprint density at radius 2 is 2.10 bits per heavy atom. The highest BCUT2D eigenvalue weighted by Gasteiger charge is 2.27. The van der Waals surface area contributed by atoms with E-state index in [-0.39, 0.29) is 23.7 Å². The molecule has 1 unspecified atom stereocenters. The van der Waals surface area contributed by atoms with Crippen molar-refractivity contribution in [1.29, 1.82) is 0 Å². The summed E-state index contributed by atoms with van der Waals surface area (Å²) in [7, 11) is 5.52. The van der Waals surface area contributed by atoms with E-state index in [0.29, 0.717) is 18.0 Å². The van der Waals surface area contributed by atoms with Gasteiger partial charge in [-0.05, 0) is 19.5 Å². The molecule has 0 saturated carbocycles. The lowest BCUT2D eigenvalue weighted by atomic mass is 9.84. The summed E-state index contributed by atoms with van der Waals surface area (Å²) in [6.07, 6.45) is 1.87. The van der Waals surface area contributed by atoms with Crippen LogP contribution in [0.3, 0.4) is 0 Å². The van der Waals surface area contributed by atoms with Crippen LogP contribution in [0.5, 0.6) is 5.75 Å². The second-order valence-electron chi connectivity index (χ2n) is 6.69. The number of nitrogens with zero attached hydrogens (tertiary/aromatic N) is 3. The minimum absolute atomic E-state index is 0.0227. The lowest BCUT2D eigenvalue weighted by Crippen LogP contribution is -2.37. The monoisotopic (exact) mass is 296 g/mol. The van der Waals surface area contributed by atoms with Gasteiger partial charge in [0.1, 0.15) is 5.69 Å². The largest absolute Gasteiger partial charge is 0.493 e. The smallest absolute Gasteiger partial charge is 0.186 e. The second kappa shape index (κ2) is 7.04. The van der Waals surface area contributed by atoms with E-state index in [1.807, 2.05) is 39.8 Å². The van der Waals surface area contributed by atoms with Crippen molar-refractivity contribution in [2.75, 3.05) is 27.7 Å². The Balaban J connectivity index is 2.93. The number of hydrogen-bond donors (Lipinski definition) is 1. The quantitative estimate of drug-likeness (QED) is 0.770. The molecule has 0 aliphatic carbocycles. The molecule has 0 fully saturated rings. The molecule has 0 bridgehead atoms. The van der Waals surface area contributed by atoms with Crippen LogP contribution in [0, 0.1) is 5.41 Å². The topological polar surface area (TPSA) is 73.4 Å². The summed E-state index contributed by atoms with van der Waals surface area (Å²) in [6, 6.07) is -0.202. The first-order chi connectivity index (χ1) is 9.66. The number of carbonyl (C=O) groups is 1. The van der Waals surface area contributed by atoms with Gasteiger partial charge in [0, 0.05) is 19.0 Å². The van der Waals surface area contributed by atoms with E-state index in [1.54, 1.807) is 18.0 Å². The SMILES string of the molecule is COc1cnn(CCN(C)C)c1C(=O)CC(N)C(C)(C)C. The average molecular weight is 296 g/mol. The van der Waals surface area contributed by atoms with Gasteiger partial charge < -0.3 is 15.4 Å². The van der Waals surface area contributed by atoms with Crippen LogP contribution in [0.1, 0.15) is 37.7 Å². The molecule has 6 heteroatoms. The summed E-state index contributed by atoms with van der Waals surface area (Å²) >= 11 is 0. The molecule has 0 aliphatic heterocycles. The molecule has 0 saturated heterocycles. The maximum Gasteiger partial charge on any atom is 0.186 e. The molecule has 1 heterocycles. The van der Waals surface area contributed by atoms with Crippen molar-refractivity contribution in [1.82, 2.24) is 14.7 Å². The van der Waals surface area contributed by atoms with Gasteiger partial charge in [-0.25, -0.2) is 0 Å². The fraction of sp³-hybridized carbons (Fsp3) is 0.733. The van der Waals surface area contributed by atoms with Crippen molar-refractivity contribution >= 4 is 5.78 Å². The molecule has 1 aromatic rings. The van der Waals surface area contributed by atoms with E-state index in [2.05, 4.69) is 5.10 Å². The van der Waals surface area contributed by atoms with Crippen LogP contribution in [0.25, 0.3) is 0 Å². The molecular weight excluding hydrogens is 268 g/mol. The number of ether oxygens (including phenoxy) is 1. The predicted molar refractivity (Wildman–Crippen MR) is 83.7 cm³/mol. The average Bonchev–Trinajstić information content (AvgIpc) is 2.77. The minimum Gasteiger partial charge on any atom is -0.493 e. The van der Waals surface area contributed by atoms with Crippen molar-refractivity contribution in [3.8, 4) is 5.75 Å². The molecular formula is C15H28N4O2. The number of methoxy groups -OCH3 is 1. The normalized spacial score (nSPS) is 13.5. The highest BCUT2D eigenvalue weighted by Crippen LogP contribution is 2.24. The lowest BCUT2D eigenvalue weighted by Gasteiger charge is -2.26. The first-order valence-corrected chi connectivity index (χ1v) is 7.20. The van der Waals surface area contributed by atoms with Gasteiger partial charge in [0.15, 0.2) is 11.5 Å². The van der Waals surface area contributed by atoms with Crippen molar-refractivity contribution in [2.45, 2.75) is 39.8 Å². The van der Waals surface area contributed by atoms with E-state index in [0.717, 1.165) is 6.54 Å². The number of nitrogens with two attached hydrogens (primary N) is 1. The maximum atomic E-state index is 12.6. The summed E-state index contributed by atoms with van der Waals surface area (Å²) in [5.41, 5.74) is 6.52. The Kier molecular flexibility index (Phi) is 5.92. The molecule has 1 aromatic heterocycles. The van der Waals surface area contributed by atoms with E-state index in [9.17, 15) is 4.79 Å². The van der Waals surface area contributed by atoms with Gasteiger partial charge in [-0.2, -0.15) is 5.10 Å². The highest BCUT2D eigenvalue weighted by molar-refractivity contribution is 5.97. The van der Waals surface area contributed by atoms with E-state index in [4.69, 9.17) is 10.5 Å². The fourth-order valence-corrected chi connectivity index (χ4v) is 1.87. The Morgan fingerprint density at radius 3 is 2.57 bits per heavy atom. The summed E-state index contributed by atoms with van der Waals surface area (Å²) in [5.74, 6) is 0.491. The van der Waals surface area contributed by atoms with Crippen LogP contribution in [-0.4, -0.2) is 54.3 Å². The van der Waals surface area contributed by atoms with Crippen molar-refractivity contribution in [3.05, 3.63) is 11.9 Å². The molecule has 21 heavy (non-hydrogen) atoms. The molecule has 0 aliphatic rings. The summed E-state index contributed by atoms with van der Waals surface area (Å²) in [5, 5.41) is 4.25. The summed E-state index contributed by atoms with van der Waals surface area (Å²) < 4.78 is 6.97. The Hall–Kier alpha value is -1.40. The first kappa shape index (κ1) is 17.7. The second-order valence-corrected chi connectivity index (χ2v) is 6.69. The zero-order valence-corrected chi connectivity index (χ0v) is 14.0. The molecule has 0 aromatic carbocycles. The molecule has 0 spiro atoms. The van der Waals surface area contributed by atoms with Crippen molar-refractivity contribution < 1.29 is 9.53 Å².